The Morgan fingerprint density at radius 1 is 1.40 bits per heavy atom. The summed E-state index contributed by atoms with van der Waals surface area (Å²) in [5.74, 6) is 0. The molecule has 0 spiro atoms. The lowest BCUT2D eigenvalue weighted by molar-refractivity contribution is -0.00548. The number of aliphatic hydroxyl groups is 1. The van der Waals surface area contributed by atoms with Gasteiger partial charge in [-0.3, -0.25) is 0 Å². The second-order valence-corrected chi connectivity index (χ2v) is 5.29. The third-order valence-electron chi connectivity index (χ3n) is 3.08. The van der Waals surface area contributed by atoms with Gasteiger partial charge >= 0.3 is 0 Å². The topological polar surface area (TPSA) is 49.5 Å². The summed E-state index contributed by atoms with van der Waals surface area (Å²) in [4.78, 5) is 3.04. The molecule has 1 saturated heterocycles. The Kier molecular flexibility index (Phi) is 4.96. The number of unbranched alkanes of at least 4 members (excludes halogenated alkanes) is 1. The van der Waals surface area contributed by atoms with Crippen LogP contribution in [0.2, 0.25) is 0 Å². The van der Waals surface area contributed by atoms with Crippen LogP contribution in [-0.4, -0.2) is 40.2 Å². The first-order valence-corrected chi connectivity index (χ1v) is 6.13. The van der Waals surface area contributed by atoms with Crippen molar-refractivity contribution in [2.24, 2.45) is 5.73 Å². The van der Waals surface area contributed by atoms with E-state index in [1.807, 2.05) is 6.92 Å². The summed E-state index contributed by atoms with van der Waals surface area (Å²) < 4.78 is 0. The highest BCUT2D eigenvalue weighted by molar-refractivity contribution is 7.80. The lowest BCUT2D eigenvalue weighted by atomic mass is 9.94. The Hall–Kier alpha value is -0.190. The van der Waals surface area contributed by atoms with E-state index in [0.717, 1.165) is 51.7 Å². The van der Waals surface area contributed by atoms with Crippen LogP contribution in [0.5, 0.6) is 0 Å². The summed E-state index contributed by atoms with van der Waals surface area (Å²) in [5.41, 5.74) is 5.00. The van der Waals surface area contributed by atoms with Crippen LogP contribution in [0.4, 0.5) is 0 Å². The molecule has 88 valence electrons. The van der Waals surface area contributed by atoms with Gasteiger partial charge in [0.2, 0.25) is 0 Å². The first-order chi connectivity index (χ1) is 6.99. The Balaban J connectivity index is 2.06. The van der Waals surface area contributed by atoms with E-state index in [-0.39, 0.29) is 0 Å². The summed E-state index contributed by atoms with van der Waals surface area (Å²) in [6.07, 6.45) is 4.88. The van der Waals surface area contributed by atoms with Crippen LogP contribution >= 0.6 is 12.2 Å². The molecule has 0 unspecified atom stereocenters. The van der Waals surface area contributed by atoms with E-state index < -0.39 is 5.60 Å². The molecule has 0 aromatic rings. The van der Waals surface area contributed by atoms with Gasteiger partial charge in [0, 0.05) is 13.1 Å². The lowest BCUT2D eigenvalue weighted by Crippen LogP contribution is -2.42. The van der Waals surface area contributed by atoms with Crippen molar-refractivity contribution in [3.8, 4) is 0 Å². The molecule has 0 amide bonds. The normalized spacial score (nSPS) is 21.5. The van der Waals surface area contributed by atoms with Gasteiger partial charge in [-0.1, -0.05) is 12.2 Å². The predicted molar refractivity (Wildman–Crippen MR) is 66.9 cm³/mol. The minimum absolute atomic E-state index is 0.435. The van der Waals surface area contributed by atoms with E-state index in [9.17, 15) is 5.11 Å². The van der Waals surface area contributed by atoms with Gasteiger partial charge in [0.25, 0.3) is 0 Å². The Bertz CT molecular complexity index is 209. The van der Waals surface area contributed by atoms with Crippen molar-refractivity contribution in [2.75, 3.05) is 19.6 Å². The van der Waals surface area contributed by atoms with E-state index >= 15 is 0 Å². The maximum atomic E-state index is 9.78. The molecule has 0 aliphatic carbocycles. The van der Waals surface area contributed by atoms with E-state index in [1.54, 1.807) is 0 Å². The molecule has 0 saturated carbocycles. The molecule has 3 N–H and O–H groups in total. The molecule has 1 aliphatic rings. The van der Waals surface area contributed by atoms with Crippen LogP contribution in [0, 0.1) is 0 Å². The van der Waals surface area contributed by atoms with Gasteiger partial charge in [-0.05, 0) is 45.6 Å². The van der Waals surface area contributed by atoms with Crippen molar-refractivity contribution in [2.45, 2.75) is 44.6 Å². The number of hydrogen-bond acceptors (Lipinski definition) is 3. The quantitative estimate of drug-likeness (QED) is 0.552. The molecule has 0 radical (unpaired) electrons. The summed E-state index contributed by atoms with van der Waals surface area (Å²) in [6, 6.07) is 0. The van der Waals surface area contributed by atoms with Gasteiger partial charge < -0.3 is 15.7 Å². The first kappa shape index (κ1) is 12.9. The maximum absolute atomic E-state index is 9.78. The van der Waals surface area contributed by atoms with E-state index in [4.69, 9.17) is 18.0 Å². The van der Waals surface area contributed by atoms with Gasteiger partial charge in [0.15, 0.2) is 0 Å². The van der Waals surface area contributed by atoms with Crippen LogP contribution in [0.25, 0.3) is 0 Å². The smallest absolute Gasteiger partial charge is 0.0727 e. The minimum Gasteiger partial charge on any atom is -0.393 e. The first-order valence-electron chi connectivity index (χ1n) is 5.73. The monoisotopic (exact) mass is 230 g/mol. The summed E-state index contributed by atoms with van der Waals surface area (Å²) in [5, 5.41) is 9.78. The van der Waals surface area contributed by atoms with Gasteiger partial charge in [0.05, 0.1) is 10.6 Å². The minimum atomic E-state index is -0.435. The van der Waals surface area contributed by atoms with Crippen molar-refractivity contribution < 1.29 is 5.11 Å². The fourth-order valence-electron chi connectivity index (χ4n) is 1.89. The van der Waals surface area contributed by atoms with Crippen LogP contribution in [0.1, 0.15) is 39.0 Å². The average Bonchev–Trinajstić information content (AvgIpc) is 2.14. The van der Waals surface area contributed by atoms with Crippen molar-refractivity contribution in [3.05, 3.63) is 0 Å². The number of nitrogens with two attached hydrogens (primary N) is 1. The number of hydrogen-bond donors (Lipinski definition) is 2. The zero-order chi connectivity index (χ0) is 11.3. The number of nitrogens with zero attached hydrogens (tertiary/aromatic N) is 1. The fourth-order valence-corrected chi connectivity index (χ4v) is 2.04. The van der Waals surface area contributed by atoms with E-state index in [1.165, 1.54) is 0 Å². The molecule has 0 aromatic carbocycles. The Morgan fingerprint density at radius 2 is 2.00 bits per heavy atom. The molecule has 4 heteroatoms. The average molecular weight is 230 g/mol. The van der Waals surface area contributed by atoms with Crippen LogP contribution in [-0.2, 0) is 0 Å². The predicted octanol–water partition coefficient (Wildman–Crippen LogP) is 1.29. The van der Waals surface area contributed by atoms with Gasteiger partial charge in [0.1, 0.15) is 0 Å². The molecule has 3 nitrogen and oxygen atoms in total. The van der Waals surface area contributed by atoms with Crippen molar-refractivity contribution >= 4 is 17.2 Å². The SMILES string of the molecule is CC1(O)CCN(CCCCC(N)=S)CC1. The zero-order valence-electron chi connectivity index (χ0n) is 9.54. The summed E-state index contributed by atoms with van der Waals surface area (Å²) >= 11 is 4.83. The highest BCUT2D eigenvalue weighted by atomic mass is 32.1. The number of rotatable bonds is 5. The van der Waals surface area contributed by atoms with Crippen molar-refractivity contribution in [3.63, 3.8) is 0 Å². The molecule has 1 rings (SSSR count). The van der Waals surface area contributed by atoms with Crippen LogP contribution in [0.3, 0.4) is 0 Å². The molecule has 1 heterocycles. The number of likely N-dealkylation sites (tertiary alicyclic amines) is 1. The maximum Gasteiger partial charge on any atom is 0.0727 e. The third-order valence-corrected chi connectivity index (χ3v) is 3.28. The van der Waals surface area contributed by atoms with Gasteiger partial charge in [-0.2, -0.15) is 0 Å². The molecular formula is C11H22N2OS. The molecule has 0 aromatic heterocycles. The van der Waals surface area contributed by atoms with Gasteiger partial charge in [-0.25, -0.2) is 0 Å². The molecular weight excluding hydrogens is 208 g/mol. The third kappa shape index (κ3) is 5.44. The molecule has 0 atom stereocenters. The van der Waals surface area contributed by atoms with Crippen molar-refractivity contribution in [1.82, 2.24) is 4.90 Å². The van der Waals surface area contributed by atoms with E-state index in [0.29, 0.717) is 4.99 Å². The summed E-state index contributed by atoms with van der Waals surface area (Å²) in [6.45, 7) is 5.07. The lowest BCUT2D eigenvalue weighted by Gasteiger charge is -2.35. The van der Waals surface area contributed by atoms with Crippen LogP contribution in [0.15, 0.2) is 0 Å². The second-order valence-electron chi connectivity index (χ2n) is 4.76. The standard InChI is InChI=1S/C11H22N2OS/c1-11(14)5-8-13(9-6-11)7-3-2-4-10(12)15/h14H,2-9H2,1H3,(H2,12,15). The zero-order valence-corrected chi connectivity index (χ0v) is 10.4. The molecule has 0 bridgehead atoms. The molecule has 15 heavy (non-hydrogen) atoms. The highest BCUT2D eigenvalue weighted by Crippen LogP contribution is 2.21. The summed E-state index contributed by atoms with van der Waals surface area (Å²) in [7, 11) is 0. The number of piperidine rings is 1. The van der Waals surface area contributed by atoms with Crippen molar-refractivity contribution in [1.29, 1.82) is 0 Å². The van der Waals surface area contributed by atoms with Crippen LogP contribution < -0.4 is 5.73 Å². The molecule has 1 fully saturated rings. The second kappa shape index (κ2) is 5.77. The highest BCUT2D eigenvalue weighted by Gasteiger charge is 2.26. The van der Waals surface area contributed by atoms with E-state index in [2.05, 4.69) is 4.90 Å². The fraction of sp³-hybridized carbons (Fsp3) is 0.909. The Morgan fingerprint density at radius 3 is 2.53 bits per heavy atom. The molecule has 1 aliphatic heterocycles. The Labute approximate surface area is 97.6 Å². The number of thiocarbonyl (C=S) groups is 1. The largest absolute Gasteiger partial charge is 0.393 e. The van der Waals surface area contributed by atoms with Gasteiger partial charge in [-0.15, -0.1) is 0 Å².